The zero-order valence-electron chi connectivity index (χ0n) is 13.2. The first-order chi connectivity index (χ1) is 11.1. The van der Waals surface area contributed by atoms with Gasteiger partial charge >= 0.3 is 0 Å². The van der Waals surface area contributed by atoms with Gasteiger partial charge in [-0.25, -0.2) is 9.97 Å². The van der Waals surface area contributed by atoms with Crippen molar-refractivity contribution < 1.29 is 14.1 Å². The Labute approximate surface area is 133 Å². The van der Waals surface area contributed by atoms with E-state index in [4.69, 9.17) is 9.26 Å². The monoisotopic (exact) mass is 317 g/mol. The predicted octanol–water partition coefficient (Wildman–Crippen LogP) is 0.848. The van der Waals surface area contributed by atoms with Gasteiger partial charge in [0.05, 0.1) is 25.5 Å². The van der Waals surface area contributed by atoms with Crippen LogP contribution in [0.5, 0.6) is 0 Å². The third kappa shape index (κ3) is 3.48. The summed E-state index contributed by atoms with van der Waals surface area (Å²) in [7, 11) is 0. The second-order valence-corrected chi connectivity index (χ2v) is 5.31. The quantitative estimate of drug-likeness (QED) is 0.893. The normalized spacial score (nSPS) is 14.8. The molecule has 0 aromatic carbocycles. The molecule has 2 aromatic rings. The standard InChI is InChI=1S/C15H19N5O3/c1-10-14(11(2)23-19-10)15(21)17-9-12-16-4-3-13(18-12)20-5-7-22-8-6-20/h3-4H,5-9H2,1-2H3,(H,17,21). The maximum Gasteiger partial charge on any atom is 0.257 e. The number of amides is 1. The summed E-state index contributed by atoms with van der Waals surface area (Å²) in [5, 5.41) is 6.59. The molecule has 0 spiro atoms. The van der Waals surface area contributed by atoms with E-state index < -0.39 is 0 Å². The number of aryl methyl sites for hydroxylation is 2. The summed E-state index contributed by atoms with van der Waals surface area (Å²) in [6.45, 7) is 6.71. The number of hydrogen-bond acceptors (Lipinski definition) is 7. The number of nitrogens with one attached hydrogen (secondary N) is 1. The largest absolute Gasteiger partial charge is 0.378 e. The molecule has 1 fully saturated rings. The Balaban J connectivity index is 1.65. The van der Waals surface area contributed by atoms with Crippen LogP contribution in [0.2, 0.25) is 0 Å². The molecule has 8 nitrogen and oxygen atoms in total. The minimum Gasteiger partial charge on any atom is -0.378 e. The number of ether oxygens (including phenoxy) is 1. The van der Waals surface area contributed by atoms with Crippen LogP contribution >= 0.6 is 0 Å². The first-order valence-corrected chi connectivity index (χ1v) is 7.51. The molecule has 0 radical (unpaired) electrons. The Morgan fingerprint density at radius 3 is 2.83 bits per heavy atom. The van der Waals surface area contributed by atoms with E-state index in [1.807, 2.05) is 6.07 Å². The first kappa shape index (κ1) is 15.4. The van der Waals surface area contributed by atoms with Crippen LogP contribution in [0.1, 0.15) is 27.6 Å². The molecule has 1 aliphatic heterocycles. The molecule has 2 aromatic heterocycles. The van der Waals surface area contributed by atoms with Crippen LogP contribution in [0.15, 0.2) is 16.8 Å². The number of carbonyl (C=O) groups excluding carboxylic acids is 1. The van der Waals surface area contributed by atoms with Gasteiger partial charge in [-0.2, -0.15) is 0 Å². The molecule has 0 aliphatic carbocycles. The molecular formula is C15H19N5O3. The Hall–Kier alpha value is -2.48. The molecule has 0 saturated carbocycles. The summed E-state index contributed by atoms with van der Waals surface area (Å²) in [4.78, 5) is 23.1. The van der Waals surface area contributed by atoms with Crippen LogP contribution in [-0.2, 0) is 11.3 Å². The third-order valence-corrected chi connectivity index (χ3v) is 3.69. The van der Waals surface area contributed by atoms with E-state index in [0.29, 0.717) is 36.1 Å². The average Bonchev–Trinajstić information content (AvgIpc) is 2.92. The lowest BCUT2D eigenvalue weighted by Gasteiger charge is -2.27. The topological polar surface area (TPSA) is 93.4 Å². The molecule has 3 rings (SSSR count). The zero-order chi connectivity index (χ0) is 16.2. The number of nitrogens with zero attached hydrogens (tertiary/aromatic N) is 4. The summed E-state index contributed by atoms with van der Waals surface area (Å²) >= 11 is 0. The lowest BCUT2D eigenvalue weighted by atomic mass is 10.2. The van der Waals surface area contributed by atoms with Crippen molar-refractivity contribution >= 4 is 11.7 Å². The molecular weight excluding hydrogens is 298 g/mol. The fourth-order valence-electron chi connectivity index (χ4n) is 2.50. The highest BCUT2D eigenvalue weighted by atomic mass is 16.5. The molecule has 0 bridgehead atoms. The Morgan fingerprint density at radius 2 is 2.13 bits per heavy atom. The van der Waals surface area contributed by atoms with Gasteiger partial charge in [0.15, 0.2) is 0 Å². The molecule has 3 heterocycles. The van der Waals surface area contributed by atoms with Gasteiger partial charge in [0.2, 0.25) is 0 Å². The molecule has 0 atom stereocenters. The number of anilines is 1. The highest BCUT2D eigenvalue weighted by Crippen LogP contribution is 2.13. The van der Waals surface area contributed by atoms with Crippen LogP contribution in [0, 0.1) is 13.8 Å². The van der Waals surface area contributed by atoms with Gasteiger partial charge in [-0.1, -0.05) is 5.16 Å². The highest BCUT2D eigenvalue weighted by Gasteiger charge is 2.18. The van der Waals surface area contributed by atoms with Crippen molar-refractivity contribution in [2.75, 3.05) is 31.2 Å². The van der Waals surface area contributed by atoms with E-state index >= 15 is 0 Å². The Kier molecular flexibility index (Phi) is 4.52. The zero-order valence-corrected chi connectivity index (χ0v) is 13.2. The fourth-order valence-corrected chi connectivity index (χ4v) is 2.50. The lowest BCUT2D eigenvalue weighted by molar-refractivity contribution is 0.0948. The summed E-state index contributed by atoms with van der Waals surface area (Å²) < 4.78 is 10.3. The lowest BCUT2D eigenvalue weighted by Crippen LogP contribution is -2.37. The van der Waals surface area contributed by atoms with Gasteiger partial charge in [0, 0.05) is 19.3 Å². The van der Waals surface area contributed by atoms with Crippen LogP contribution < -0.4 is 10.2 Å². The van der Waals surface area contributed by atoms with Crippen molar-refractivity contribution in [3.05, 3.63) is 35.1 Å². The van der Waals surface area contributed by atoms with E-state index in [9.17, 15) is 4.79 Å². The van der Waals surface area contributed by atoms with Crippen molar-refractivity contribution in [2.45, 2.75) is 20.4 Å². The van der Waals surface area contributed by atoms with Crippen molar-refractivity contribution in [1.82, 2.24) is 20.4 Å². The van der Waals surface area contributed by atoms with Gasteiger partial charge in [-0.05, 0) is 19.9 Å². The fraction of sp³-hybridized carbons (Fsp3) is 0.467. The van der Waals surface area contributed by atoms with E-state index in [-0.39, 0.29) is 12.5 Å². The van der Waals surface area contributed by atoms with Gasteiger partial charge in [-0.15, -0.1) is 0 Å². The second kappa shape index (κ2) is 6.74. The highest BCUT2D eigenvalue weighted by molar-refractivity contribution is 5.95. The van der Waals surface area contributed by atoms with Gasteiger partial charge in [-0.3, -0.25) is 4.79 Å². The third-order valence-electron chi connectivity index (χ3n) is 3.69. The van der Waals surface area contributed by atoms with Gasteiger partial charge < -0.3 is 19.5 Å². The molecule has 122 valence electrons. The van der Waals surface area contributed by atoms with Crippen LogP contribution in [0.3, 0.4) is 0 Å². The van der Waals surface area contributed by atoms with E-state index in [1.165, 1.54) is 0 Å². The van der Waals surface area contributed by atoms with Crippen LogP contribution in [0.25, 0.3) is 0 Å². The molecule has 8 heteroatoms. The van der Waals surface area contributed by atoms with E-state index in [1.54, 1.807) is 20.0 Å². The molecule has 1 amide bonds. The Bertz CT molecular complexity index is 675. The van der Waals surface area contributed by atoms with Crippen molar-refractivity contribution in [3.8, 4) is 0 Å². The van der Waals surface area contributed by atoms with E-state index in [0.717, 1.165) is 18.9 Å². The smallest absolute Gasteiger partial charge is 0.257 e. The van der Waals surface area contributed by atoms with E-state index in [2.05, 4.69) is 25.3 Å². The van der Waals surface area contributed by atoms with Gasteiger partial charge in [0.25, 0.3) is 5.91 Å². The summed E-state index contributed by atoms with van der Waals surface area (Å²) in [5.41, 5.74) is 1.04. The maximum absolute atomic E-state index is 12.2. The minimum absolute atomic E-state index is 0.235. The maximum atomic E-state index is 12.2. The summed E-state index contributed by atoms with van der Waals surface area (Å²) in [6.07, 6.45) is 1.70. The number of carbonyl (C=O) groups is 1. The molecule has 1 aliphatic rings. The van der Waals surface area contributed by atoms with Crippen molar-refractivity contribution in [2.24, 2.45) is 0 Å². The predicted molar refractivity (Wildman–Crippen MR) is 82.2 cm³/mol. The Morgan fingerprint density at radius 1 is 1.35 bits per heavy atom. The van der Waals surface area contributed by atoms with Crippen molar-refractivity contribution in [1.29, 1.82) is 0 Å². The number of aromatic nitrogens is 3. The van der Waals surface area contributed by atoms with Crippen LogP contribution in [-0.4, -0.2) is 47.3 Å². The number of morpholine rings is 1. The number of hydrogen-bond donors (Lipinski definition) is 1. The molecule has 1 saturated heterocycles. The minimum atomic E-state index is -0.235. The molecule has 1 N–H and O–H groups in total. The second-order valence-electron chi connectivity index (χ2n) is 5.31. The van der Waals surface area contributed by atoms with Crippen molar-refractivity contribution in [3.63, 3.8) is 0 Å². The summed E-state index contributed by atoms with van der Waals surface area (Å²) in [6, 6.07) is 1.87. The summed E-state index contributed by atoms with van der Waals surface area (Å²) in [5.74, 6) is 1.68. The average molecular weight is 317 g/mol. The van der Waals surface area contributed by atoms with Gasteiger partial charge in [0.1, 0.15) is 23.0 Å². The SMILES string of the molecule is Cc1noc(C)c1C(=O)NCc1nccc(N2CCOCC2)n1. The molecule has 0 unspecified atom stereocenters. The molecule has 23 heavy (non-hydrogen) atoms. The first-order valence-electron chi connectivity index (χ1n) is 7.51. The number of rotatable bonds is 4. The van der Waals surface area contributed by atoms with Crippen LogP contribution in [0.4, 0.5) is 5.82 Å².